The van der Waals surface area contributed by atoms with Gasteiger partial charge in [-0.2, -0.15) is 0 Å². The monoisotopic (exact) mass is 567 g/mol. The number of aliphatic hydroxyl groups excluding tert-OH is 1. The second-order valence-electron chi connectivity index (χ2n) is 10.9. The van der Waals surface area contributed by atoms with Gasteiger partial charge >= 0.3 is 5.97 Å². The molecule has 2 bridgehead atoms. The minimum Gasteiger partial charge on any atom is -0.461 e. The molecule has 1 spiro atoms. The van der Waals surface area contributed by atoms with Gasteiger partial charge < -0.3 is 19.6 Å². The smallest absolute Gasteiger partial charge is 0.311 e. The zero-order valence-corrected chi connectivity index (χ0v) is 23.8. The summed E-state index contributed by atoms with van der Waals surface area (Å²) < 4.78 is 6.32. The van der Waals surface area contributed by atoms with E-state index in [1.165, 1.54) is 6.08 Å². The Balaban J connectivity index is 1.56. The first-order chi connectivity index (χ1) is 19.3. The molecule has 0 saturated carbocycles. The lowest BCUT2D eigenvalue weighted by Gasteiger charge is -2.41. The number of carbonyl (C=O) groups is 3. The summed E-state index contributed by atoms with van der Waals surface area (Å²) in [5.74, 6) is -2.32. The number of para-hydroxylation sites is 1. The summed E-state index contributed by atoms with van der Waals surface area (Å²) in [6, 6.07) is 6.11. The topological polar surface area (TPSA) is 118 Å². The minimum absolute atomic E-state index is 0.0556. The molecule has 40 heavy (non-hydrogen) atoms. The highest BCUT2D eigenvalue weighted by molar-refractivity contribution is 8.02. The number of likely N-dealkylation sites (tertiary alicyclic amines) is 1. The first-order valence-electron chi connectivity index (χ1n) is 13.9. The Morgan fingerprint density at radius 1 is 1.32 bits per heavy atom. The third-order valence-electron chi connectivity index (χ3n) is 8.82. The Hall–Kier alpha value is -3.18. The van der Waals surface area contributed by atoms with Gasteiger partial charge in [0.05, 0.1) is 34.7 Å². The highest BCUT2D eigenvalue weighted by atomic mass is 32.2. The highest BCUT2D eigenvalue weighted by Gasteiger charge is 2.75. The predicted molar refractivity (Wildman–Crippen MR) is 152 cm³/mol. The average molecular weight is 568 g/mol. The Morgan fingerprint density at radius 2 is 2.10 bits per heavy atom. The molecule has 10 nitrogen and oxygen atoms in total. The van der Waals surface area contributed by atoms with Crippen molar-refractivity contribution in [2.45, 2.75) is 61.9 Å². The predicted octanol–water partition coefficient (Wildman–Crippen LogP) is 2.63. The van der Waals surface area contributed by atoms with Crippen LogP contribution in [0.2, 0.25) is 0 Å². The maximum absolute atomic E-state index is 14.7. The summed E-state index contributed by atoms with van der Waals surface area (Å²) in [7, 11) is 0. The molecule has 1 N–H and O–H groups in total. The van der Waals surface area contributed by atoms with E-state index in [1.54, 1.807) is 32.3 Å². The highest BCUT2D eigenvalue weighted by Crippen LogP contribution is 2.67. The molecule has 3 fully saturated rings. The number of aliphatic hydroxyl groups is 1. The second-order valence-corrected chi connectivity index (χ2v) is 12.5. The molecule has 5 rings (SSSR count). The summed E-state index contributed by atoms with van der Waals surface area (Å²) in [4.78, 5) is 45.5. The van der Waals surface area contributed by atoms with Crippen molar-refractivity contribution in [1.82, 2.24) is 24.8 Å². The molecule has 3 aliphatic rings. The molecule has 2 aromatic rings. The number of rotatable bonds is 12. The van der Waals surface area contributed by atoms with Crippen molar-refractivity contribution in [3.05, 3.63) is 49.6 Å². The van der Waals surface area contributed by atoms with Crippen LogP contribution in [0, 0.1) is 17.8 Å². The Bertz CT molecular complexity index is 1310. The Labute approximate surface area is 238 Å². The Morgan fingerprint density at radius 3 is 2.80 bits per heavy atom. The van der Waals surface area contributed by atoms with Crippen LogP contribution in [0.15, 0.2) is 49.6 Å². The fourth-order valence-corrected chi connectivity index (χ4v) is 8.96. The molecule has 11 heteroatoms. The fraction of sp³-hybridized carbons (Fsp3) is 0.552. The molecule has 2 unspecified atom stereocenters. The fourth-order valence-electron chi connectivity index (χ4n) is 6.78. The molecule has 2 amide bonds. The van der Waals surface area contributed by atoms with Crippen molar-refractivity contribution in [2.24, 2.45) is 17.8 Å². The quantitative estimate of drug-likeness (QED) is 0.307. The van der Waals surface area contributed by atoms with Crippen molar-refractivity contribution in [3.63, 3.8) is 0 Å². The molecule has 1 aromatic carbocycles. The van der Waals surface area contributed by atoms with Gasteiger partial charge in [0.2, 0.25) is 11.8 Å². The molecular formula is C29H37N5O5S. The minimum atomic E-state index is -0.849. The van der Waals surface area contributed by atoms with E-state index < -0.39 is 34.6 Å². The second kappa shape index (κ2) is 11.4. The molecule has 0 aliphatic carbocycles. The first kappa shape index (κ1) is 28.4. The molecule has 3 saturated heterocycles. The number of nitrogens with zero attached hydrogens (tertiary/aromatic N) is 5. The number of benzene rings is 1. The number of aromatic nitrogens is 3. The molecule has 7 atom stereocenters. The van der Waals surface area contributed by atoms with Crippen LogP contribution in [0.4, 0.5) is 0 Å². The number of hydrogen-bond donors (Lipinski definition) is 1. The van der Waals surface area contributed by atoms with E-state index in [4.69, 9.17) is 4.74 Å². The van der Waals surface area contributed by atoms with E-state index in [9.17, 15) is 19.5 Å². The van der Waals surface area contributed by atoms with Crippen LogP contribution in [-0.4, -0.2) is 89.5 Å². The normalized spacial score (nSPS) is 28.4. The standard InChI is InChI=1S/C29H37N5O5S/c1-5-14-32(17-33-20-11-9-8-10-19(20)30-31-33)27(37)25-29-13-12-22(40-29)23(28(38)39-15-6-2)24(29)26(36)34(25)21(16-35)18(4)7-3/h5-6,8-11,18,21-25,35H,1-2,7,12-17H2,3-4H3/t18-,21-,22-,23+,24-,25?,29?/m0/s1. The van der Waals surface area contributed by atoms with Crippen LogP contribution in [0.5, 0.6) is 0 Å². The van der Waals surface area contributed by atoms with Crippen LogP contribution in [0.1, 0.15) is 33.1 Å². The number of esters is 1. The van der Waals surface area contributed by atoms with Crippen LogP contribution in [0.3, 0.4) is 0 Å². The molecular weight excluding hydrogens is 530 g/mol. The van der Waals surface area contributed by atoms with Crippen molar-refractivity contribution in [1.29, 1.82) is 0 Å². The number of hydrogen-bond acceptors (Lipinski definition) is 8. The van der Waals surface area contributed by atoms with E-state index >= 15 is 0 Å². The average Bonchev–Trinajstić information content (AvgIpc) is 3.71. The summed E-state index contributed by atoms with van der Waals surface area (Å²) in [6.07, 6.45) is 5.22. The number of thioether (sulfide) groups is 1. The van der Waals surface area contributed by atoms with Crippen LogP contribution in [0.25, 0.3) is 11.0 Å². The summed E-state index contributed by atoms with van der Waals surface area (Å²) in [5.41, 5.74) is 1.50. The number of carbonyl (C=O) groups excluding carboxylic acids is 3. The van der Waals surface area contributed by atoms with Gasteiger partial charge in [-0.3, -0.25) is 14.4 Å². The van der Waals surface area contributed by atoms with Crippen LogP contribution >= 0.6 is 11.8 Å². The van der Waals surface area contributed by atoms with E-state index in [0.29, 0.717) is 18.4 Å². The largest absolute Gasteiger partial charge is 0.461 e. The lowest BCUT2D eigenvalue weighted by atomic mass is 9.71. The summed E-state index contributed by atoms with van der Waals surface area (Å²) in [5, 5.41) is 18.9. The summed E-state index contributed by atoms with van der Waals surface area (Å²) >= 11 is 1.58. The van der Waals surface area contributed by atoms with Gasteiger partial charge in [-0.15, -0.1) is 23.4 Å². The van der Waals surface area contributed by atoms with Gasteiger partial charge in [-0.25, -0.2) is 4.68 Å². The third-order valence-corrected chi connectivity index (χ3v) is 10.8. The number of fused-ring (bicyclic) bond motifs is 2. The molecule has 3 aliphatic heterocycles. The Kier molecular flexibility index (Phi) is 8.05. The maximum atomic E-state index is 14.7. The number of amides is 2. The zero-order chi connectivity index (χ0) is 28.6. The van der Waals surface area contributed by atoms with Gasteiger partial charge in [0.25, 0.3) is 0 Å². The van der Waals surface area contributed by atoms with Gasteiger partial charge in [0.15, 0.2) is 0 Å². The van der Waals surface area contributed by atoms with Crippen molar-refractivity contribution < 1.29 is 24.2 Å². The van der Waals surface area contributed by atoms with Gasteiger partial charge in [-0.1, -0.05) is 56.3 Å². The van der Waals surface area contributed by atoms with Crippen molar-refractivity contribution >= 4 is 40.6 Å². The van der Waals surface area contributed by atoms with Crippen LogP contribution in [-0.2, 0) is 25.8 Å². The van der Waals surface area contributed by atoms with Crippen molar-refractivity contribution in [3.8, 4) is 0 Å². The molecule has 4 heterocycles. The molecule has 1 aromatic heterocycles. The van der Waals surface area contributed by atoms with Gasteiger partial charge in [-0.05, 0) is 30.9 Å². The maximum Gasteiger partial charge on any atom is 0.311 e. The van der Waals surface area contributed by atoms with E-state index in [2.05, 4.69) is 23.5 Å². The van der Waals surface area contributed by atoms with E-state index in [1.807, 2.05) is 38.1 Å². The summed E-state index contributed by atoms with van der Waals surface area (Å²) in [6.45, 7) is 11.6. The molecule has 214 valence electrons. The van der Waals surface area contributed by atoms with Crippen molar-refractivity contribution in [2.75, 3.05) is 19.8 Å². The van der Waals surface area contributed by atoms with Gasteiger partial charge in [0, 0.05) is 11.8 Å². The first-order valence-corrected chi connectivity index (χ1v) is 14.8. The van der Waals surface area contributed by atoms with E-state index in [0.717, 1.165) is 11.9 Å². The zero-order valence-electron chi connectivity index (χ0n) is 23.0. The van der Waals surface area contributed by atoms with Gasteiger partial charge in [0.1, 0.15) is 24.8 Å². The molecule has 0 radical (unpaired) electrons. The lowest BCUT2D eigenvalue weighted by Crippen LogP contribution is -2.58. The lowest BCUT2D eigenvalue weighted by molar-refractivity contribution is -0.154. The SMILES string of the molecule is C=CCOC(=O)[C@@H]1[C@@H]2CCC3(S2)C(C(=O)N(CC=C)Cn2nnc4ccccc42)N([C@@H](CO)[C@@H](C)CC)C(=O)[C@H]13. The van der Waals surface area contributed by atoms with E-state index in [-0.39, 0.29) is 49.4 Å². The third kappa shape index (κ3) is 4.43. The number of ether oxygens (including phenoxy) is 1. The van der Waals surface area contributed by atoms with Crippen LogP contribution < -0.4 is 0 Å².